The fraction of sp³-hybridized carbons (Fsp3) is 0.417. The van der Waals surface area contributed by atoms with Gasteiger partial charge in [0.15, 0.2) is 0 Å². The molecule has 0 atom stereocenters. The molecule has 0 amide bonds. The smallest absolute Gasteiger partial charge is 0.0885 e. The monoisotopic (exact) mass is 206 g/mol. The molecule has 0 radical (unpaired) electrons. The van der Waals surface area contributed by atoms with Crippen LogP contribution in [0.15, 0.2) is 37.2 Å². The Bertz CT molecular complexity index is 262. The Balaban J connectivity index is 1.95. The van der Waals surface area contributed by atoms with Crippen LogP contribution in [0.25, 0.3) is 0 Å². The summed E-state index contributed by atoms with van der Waals surface area (Å²) in [5.41, 5.74) is 1.13. The van der Waals surface area contributed by atoms with Gasteiger partial charge in [-0.2, -0.15) is 0 Å². The largest absolute Gasteiger partial charge is 0.502 e. The van der Waals surface area contributed by atoms with Crippen molar-refractivity contribution in [2.45, 2.75) is 12.8 Å². The van der Waals surface area contributed by atoms with Crippen molar-refractivity contribution in [2.75, 3.05) is 19.7 Å². The van der Waals surface area contributed by atoms with Gasteiger partial charge in [-0.25, -0.2) is 0 Å². The van der Waals surface area contributed by atoms with Gasteiger partial charge in [-0.3, -0.25) is 4.98 Å². The predicted octanol–water partition coefficient (Wildman–Crippen LogP) is 1.76. The Morgan fingerprint density at radius 3 is 3.07 bits per heavy atom. The van der Waals surface area contributed by atoms with Gasteiger partial charge in [0.05, 0.1) is 12.9 Å². The first-order valence-electron chi connectivity index (χ1n) is 5.26. The van der Waals surface area contributed by atoms with Gasteiger partial charge in [0.25, 0.3) is 0 Å². The van der Waals surface area contributed by atoms with Crippen LogP contribution in [0.2, 0.25) is 0 Å². The summed E-state index contributed by atoms with van der Waals surface area (Å²) in [5, 5.41) is 3.34. The maximum atomic E-state index is 5.01. The van der Waals surface area contributed by atoms with Gasteiger partial charge in [-0.1, -0.05) is 12.6 Å². The van der Waals surface area contributed by atoms with Crippen molar-refractivity contribution in [1.29, 1.82) is 0 Å². The van der Waals surface area contributed by atoms with Crippen molar-refractivity contribution < 1.29 is 4.74 Å². The van der Waals surface area contributed by atoms with E-state index in [9.17, 15) is 0 Å². The van der Waals surface area contributed by atoms with Crippen LogP contribution in [-0.4, -0.2) is 24.7 Å². The molecule has 0 spiro atoms. The Labute approximate surface area is 91.2 Å². The minimum atomic E-state index is 0.736. The van der Waals surface area contributed by atoms with E-state index in [2.05, 4.69) is 16.9 Å². The van der Waals surface area contributed by atoms with Crippen LogP contribution in [0.5, 0.6) is 0 Å². The molecular formula is C12H18N2O. The molecule has 1 rings (SSSR count). The first-order valence-corrected chi connectivity index (χ1v) is 5.26. The van der Waals surface area contributed by atoms with Gasteiger partial charge in [-0.05, 0) is 25.1 Å². The Hall–Kier alpha value is -1.35. The maximum absolute atomic E-state index is 5.01. The molecule has 15 heavy (non-hydrogen) atoms. The van der Waals surface area contributed by atoms with Crippen molar-refractivity contribution in [2.24, 2.45) is 0 Å². The Morgan fingerprint density at radius 2 is 2.33 bits per heavy atom. The summed E-state index contributed by atoms with van der Waals surface area (Å²) in [7, 11) is 0. The summed E-state index contributed by atoms with van der Waals surface area (Å²) in [6.07, 6.45) is 5.29. The number of hydrogen-bond donors (Lipinski definition) is 1. The van der Waals surface area contributed by atoms with Crippen LogP contribution in [0.3, 0.4) is 0 Å². The van der Waals surface area contributed by atoms with Gasteiger partial charge < -0.3 is 10.1 Å². The molecule has 0 fully saturated rings. The standard InChI is InChI=1S/C12H18N2O/c1-2-15-11-5-8-13-10-7-12-6-3-4-9-14-12/h2-4,6,9,13H,1,5,7-8,10-11H2. The third-order valence-electron chi connectivity index (χ3n) is 2.02. The van der Waals surface area contributed by atoms with Crippen LogP contribution in [0.1, 0.15) is 12.1 Å². The second-order valence-electron chi connectivity index (χ2n) is 3.21. The fourth-order valence-corrected chi connectivity index (χ4v) is 1.25. The minimum Gasteiger partial charge on any atom is -0.502 e. The van der Waals surface area contributed by atoms with E-state index in [1.165, 1.54) is 6.26 Å². The molecule has 3 heteroatoms. The number of aromatic nitrogens is 1. The highest BCUT2D eigenvalue weighted by molar-refractivity contribution is 5.03. The molecule has 0 aromatic carbocycles. The van der Waals surface area contributed by atoms with Gasteiger partial charge in [0.1, 0.15) is 0 Å². The molecular weight excluding hydrogens is 188 g/mol. The highest BCUT2D eigenvalue weighted by Gasteiger charge is 1.92. The molecule has 0 bridgehead atoms. The maximum Gasteiger partial charge on any atom is 0.0885 e. The highest BCUT2D eigenvalue weighted by Crippen LogP contribution is 1.92. The number of hydrogen-bond acceptors (Lipinski definition) is 3. The minimum absolute atomic E-state index is 0.736. The van der Waals surface area contributed by atoms with Crippen LogP contribution >= 0.6 is 0 Å². The molecule has 0 aliphatic heterocycles. The summed E-state index contributed by atoms with van der Waals surface area (Å²) in [5.74, 6) is 0. The summed E-state index contributed by atoms with van der Waals surface area (Å²) in [6, 6.07) is 5.99. The third kappa shape index (κ3) is 5.86. The second kappa shape index (κ2) is 8.00. The molecule has 0 aliphatic carbocycles. The summed E-state index contributed by atoms with van der Waals surface area (Å²) >= 11 is 0. The highest BCUT2D eigenvalue weighted by atomic mass is 16.5. The normalized spacial score (nSPS) is 9.87. The quantitative estimate of drug-likeness (QED) is 0.520. The second-order valence-corrected chi connectivity index (χ2v) is 3.21. The number of pyridine rings is 1. The Morgan fingerprint density at radius 1 is 1.40 bits per heavy atom. The van der Waals surface area contributed by atoms with Crippen molar-refractivity contribution >= 4 is 0 Å². The predicted molar refractivity (Wildman–Crippen MR) is 61.6 cm³/mol. The van der Waals surface area contributed by atoms with Crippen molar-refractivity contribution in [3.05, 3.63) is 42.9 Å². The zero-order chi connectivity index (χ0) is 10.8. The van der Waals surface area contributed by atoms with E-state index >= 15 is 0 Å². The number of nitrogens with zero attached hydrogens (tertiary/aromatic N) is 1. The van der Waals surface area contributed by atoms with E-state index in [1.807, 2.05) is 24.4 Å². The summed E-state index contributed by atoms with van der Waals surface area (Å²) < 4.78 is 5.01. The molecule has 1 aromatic heterocycles. The molecule has 3 nitrogen and oxygen atoms in total. The van der Waals surface area contributed by atoms with Crippen LogP contribution in [-0.2, 0) is 11.2 Å². The first kappa shape index (κ1) is 11.7. The lowest BCUT2D eigenvalue weighted by Gasteiger charge is -2.04. The van der Waals surface area contributed by atoms with Crippen LogP contribution in [0, 0.1) is 0 Å². The van der Waals surface area contributed by atoms with Gasteiger partial charge >= 0.3 is 0 Å². The van der Waals surface area contributed by atoms with E-state index in [-0.39, 0.29) is 0 Å². The van der Waals surface area contributed by atoms with E-state index in [0.29, 0.717) is 0 Å². The van der Waals surface area contributed by atoms with E-state index < -0.39 is 0 Å². The summed E-state index contributed by atoms with van der Waals surface area (Å²) in [4.78, 5) is 4.25. The van der Waals surface area contributed by atoms with Gasteiger partial charge in [0.2, 0.25) is 0 Å². The molecule has 0 saturated carbocycles. The zero-order valence-corrected chi connectivity index (χ0v) is 8.98. The van der Waals surface area contributed by atoms with Crippen molar-refractivity contribution in [1.82, 2.24) is 10.3 Å². The topological polar surface area (TPSA) is 34.1 Å². The molecule has 0 aliphatic rings. The van der Waals surface area contributed by atoms with E-state index in [0.717, 1.165) is 38.2 Å². The number of rotatable bonds is 8. The number of nitrogens with one attached hydrogen (secondary N) is 1. The Kier molecular flexibility index (Phi) is 6.25. The van der Waals surface area contributed by atoms with Crippen LogP contribution in [0.4, 0.5) is 0 Å². The van der Waals surface area contributed by atoms with Crippen molar-refractivity contribution in [3.8, 4) is 0 Å². The lowest BCUT2D eigenvalue weighted by molar-refractivity contribution is 0.245. The SMILES string of the molecule is C=COCCCNCCc1ccccn1. The average molecular weight is 206 g/mol. The lowest BCUT2D eigenvalue weighted by atomic mass is 10.3. The average Bonchev–Trinajstić information content (AvgIpc) is 2.29. The van der Waals surface area contributed by atoms with Crippen LogP contribution < -0.4 is 5.32 Å². The first-order chi connectivity index (χ1) is 7.43. The molecule has 1 N–H and O–H groups in total. The molecule has 1 heterocycles. The molecule has 0 unspecified atom stereocenters. The molecule has 82 valence electrons. The molecule has 1 aromatic rings. The van der Waals surface area contributed by atoms with E-state index in [1.54, 1.807) is 0 Å². The number of ether oxygens (including phenoxy) is 1. The third-order valence-corrected chi connectivity index (χ3v) is 2.02. The fourth-order valence-electron chi connectivity index (χ4n) is 1.25. The molecule has 0 saturated heterocycles. The van der Waals surface area contributed by atoms with Crippen molar-refractivity contribution in [3.63, 3.8) is 0 Å². The van der Waals surface area contributed by atoms with Gasteiger partial charge in [0, 0.05) is 24.9 Å². The van der Waals surface area contributed by atoms with E-state index in [4.69, 9.17) is 4.74 Å². The summed E-state index contributed by atoms with van der Waals surface area (Å²) in [6.45, 7) is 6.16. The lowest BCUT2D eigenvalue weighted by Crippen LogP contribution is -2.19. The van der Waals surface area contributed by atoms with Gasteiger partial charge in [-0.15, -0.1) is 0 Å². The zero-order valence-electron chi connectivity index (χ0n) is 8.98.